The molecule has 1 heterocycles. The SMILES string of the molecule is CN1CC(O)C(c2ccccc2Oc2ccccc2)C1=O. The lowest BCUT2D eigenvalue weighted by Gasteiger charge is -2.17. The van der Waals surface area contributed by atoms with E-state index in [1.54, 1.807) is 11.9 Å². The molecule has 2 aromatic carbocycles. The van der Waals surface area contributed by atoms with Gasteiger partial charge in [-0.25, -0.2) is 0 Å². The number of β-amino-alcohol motifs (C(OH)–C–C–N with tert-alkyl or cyclic N) is 1. The van der Waals surface area contributed by atoms with Crippen LogP contribution < -0.4 is 4.74 Å². The number of carbonyl (C=O) groups is 1. The van der Waals surface area contributed by atoms with Crippen LogP contribution in [-0.4, -0.2) is 35.6 Å². The number of benzene rings is 2. The highest BCUT2D eigenvalue weighted by molar-refractivity contribution is 5.87. The second-order valence-corrected chi connectivity index (χ2v) is 5.22. The second-order valence-electron chi connectivity index (χ2n) is 5.22. The Morgan fingerprint density at radius 2 is 1.76 bits per heavy atom. The maximum Gasteiger partial charge on any atom is 0.232 e. The van der Waals surface area contributed by atoms with Gasteiger partial charge in [0.2, 0.25) is 5.91 Å². The van der Waals surface area contributed by atoms with Crippen LogP contribution in [0.2, 0.25) is 0 Å². The normalized spacial score (nSPS) is 21.6. The Kier molecular flexibility index (Phi) is 3.62. The van der Waals surface area contributed by atoms with Crippen LogP contribution in [0, 0.1) is 0 Å². The van der Waals surface area contributed by atoms with E-state index in [1.807, 2.05) is 54.6 Å². The minimum atomic E-state index is -0.706. The molecular weight excluding hydrogens is 266 g/mol. The van der Waals surface area contributed by atoms with E-state index in [2.05, 4.69) is 0 Å². The molecule has 2 atom stereocenters. The molecule has 2 unspecified atom stereocenters. The van der Waals surface area contributed by atoms with E-state index in [9.17, 15) is 9.90 Å². The Morgan fingerprint density at radius 1 is 1.10 bits per heavy atom. The molecule has 108 valence electrons. The number of aliphatic hydroxyl groups is 1. The van der Waals surface area contributed by atoms with Crippen LogP contribution in [0.1, 0.15) is 11.5 Å². The Morgan fingerprint density at radius 3 is 2.43 bits per heavy atom. The lowest BCUT2D eigenvalue weighted by molar-refractivity contribution is -0.128. The Balaban J connectivity index is 1.95. The molecule has 4 nitrogen and oxygen atoms in total. The van der Waals surface area contributed by atoms with Crippen molar-refractivity contribution in [3.05, 3.63) is 60.2 Å². The number of rotatable bonds is 3. The van der Waals surface area contributed by atoms with Gasteiger partial charge in [0.25, 0.3) is 0 Å². The topological polar surface area (TPSA) is 49.8 Å². The molecule has 0 spiro atoms. The van der Waals surface area contributed by atoms with Crippen molar-refractivity contribution in [2.24, 2.45) is 0 Å². The van der Waals surface area contributed by atoms with Crippen molar-refractivity contribution in [3.63, 3.8) is 0 Å². The van der Waals surface area contributed by atoms with Crippen molar-refractivity contribution < 1.29 is 14.6 Å². The fourth-order valence-electron chi connectivity index (χ4n) is 2.66. The number of ether oxygens (including phenoxy) is 1. The van der Waals surface area contributed by atoms with Gasteiger partial charge in [-0.3, -0.25) is 4.79 Å². The van der Waals surface area contributed by atoms with Crippen molar-refractivity contribution in [2.75, 3.05) is 13.6 Å². The molecule has 4 heteroatoms. The third-order valence-electron chi connectivity index (χ3n) is 3.71. The molecule has 0 radical (unpaired) electrons. The molecule has 1 fully saturated rings. The lowest BCUT2D eigenvalue weighted by atomic mass is 9.94. The second kappa shape index (κ2) is 5.58. The Bertz CT molecular complexity index is 641. The first kappa shape index (κ1) is 13.6. The smallest absolute Gasteiger partial charge is 0.232 e. The van der Waals surface area contributed by atoms with E-state index < -0.39 is 12.0 Å². The predicted octanol–water partition coefficient (Wildman–Crippen LogP) is 2.40. The van der Waals surface area contributed by atoms with E-state index in [1.165, 1.54) is 0 Å². The molecule has 1 N–H and O–H groups in total. The van der Waals surface area contributed by atoms with E-state index in [0.29, 0.717) is 18.0 Å². The Hall–Kier alpha value is -2.33. The monoisotopic (exact) mass is 283 g/mol. The molecule has 1 saturated heterocycles. The molecule has 3 rings (SSSR count). The van der Waals surface area contributed by atoms with Crippen LogP contribution >= 0.6 is 0 Å². The van der Waals surface area contributed by atoms with Crippen molar-refractivity contribution in [1.82, 2.24) is 4.90 Å². The molecule has 21 heavy (non-hydrogen) atoms. The first-order valence-electron chi connectivity index (χ1n) is 6.91. The summed E-state index contributed by atoms with van der Waals surface area (Å²) >= 11 is 0. The van der Waals surface area contributed by atoms with Crippen LogP contribution in [-0.2, 0) is 4.79 Å². The largest absolute Gasteiger partial charge is 0.457 e. The summed E-state index contributed by atoms with van der Waals surface area (Å²) in [7, 11) is 1.70. The van der Waals surface area contributed by atoms with Gasteiger partial charge in [0.15, 0.2) is 0 Å². The molecule has 0 aliphatic carbocycles. The highest BCUT2D eigenvalue weighted by Crippen LogP contribution is 2.36. The van der Waals surface area contributed by atoms with E-state index in [4.69, 9.17) is 4.74 Å². The minimum absolute atomic E-state index is 0.0772. The van der Waals surface area contributed by atoms with Crippen LogP contribution in [0.25, 0.3) is 0 Å². The summed E-state index contributed by atoms with van der Waals surface area (Å²) in [6.07, 6.45) is -0.706. The van der Waals surface area contributed by atoms with Crippen LogP contribution in [0.15, 0.2) is 54.6 Å². The van der Waals surface area contributed by atoms with Gasteiger partial charge in [-0.05, 0) is 18.2 Å². The average Bonchev–Trinajstić information content (AvgIpc) is 2.74. The standard InChI is InChI=1S/C17H17NO3/c1-18-11-14(19)16(17(18)20)13-9-5-6-10-15(13)21-12-7-3-2-4-8-12/h2-10,14,16,19H,11H2,1H3. The van der Waals surface area contributed by atoms with Gasteiger partial charge in [0, 0.05) is 19.2 Å². The van der Waals surface area contributed by atoms with Gasteiger partial charge in [-0.1, -0.05) is 36.4 Å². The maximum absolute atomic E-state index is 12.2. The first-order valence-corrected chi connectivity index (χ1v) is 6.91. The van der Waals surface area contributed by atoms with E-state index in [0.717, 1.165) is 5.56 Å². The zero-order valence-electron chi connectivity index (χ0n) is 11.8. The van der Waals surface area contributed by atoms with E-state index >= 15 is 0 Å². The number of hydrogen-bond acceptors (Lipinski definition) is 3. The summed E-state index contributed by atoms with van der Waals surface area (Å²) in [5, 5.41) is 10.2. The van der Waals surface area contributed by atoms with Crippen molar-refractivity contribution in [2.45, 2.75) is 12.0 Å². The number of carbonyl (C=O) groups excluding carboxylic acids is 1. The van der Waals surface area contributed by atoms with Gasteiger partial charge in [-0.2, -0.15) is 0 Å². The van der Waals surface area contributed by atoms with Gasteiger partial charge in [0.1, 0.15) is 11.5 Å². The van der Waals surface area contributed by atoms with Crippen LogP contribution in [0.3, 0.4) is 0 Å². The fraction of sp³-hybridized carbons (Fsp3) is 0.235. The number of likely N-dealkylation sites (N-methyl/N-ethyl adjacent to an activating group) is 1. The minimum Gasteiger partial charge on any atom is -0.457 e. The number of hydrogen-bond donors (Lipinski definition) is 1. The first-order chi connectivity index (χ1) is 10.2. The zero-order chi connectivity index (χ0) is 14.8. The number of nitrogens with zero attached hydrogens (tertiary/aromatic N) is 1. The van der Waals surface area contributed by atoms with E-state index in [-0.39, 0.29) is 5.91 Å². The average molecular weight is 283 g/mol. The molecule has 0 bridgehead atoms. The number of amides is 1. The third-order valence-corrected chi connectivity index (χ3v) is 3.71. The highest BCUT2D eigenvalue weighted by atomic mass is 16.5. The van der Waals surface area contributed by atoms with Crippen molar-refractivity contribution >= 4 is 5.91 Å². The van der Waals surface area contributed by atoms with Gasteiger partial charge >= 0.3 is 0 Å². The number of para-hydroxylation sites is 2. The molecule has 1 aliphatic rings. The maximum atomic E-state index is 12.2. The third kappa shape index (κ3) is 2.62. The van der Waals surface area contributed by atoms with Gasteiger partial charge in [-0.15, -0.1) is 0 Å². The summed E-state index contributed by atoms with van der Waals surface area (Å²) in [5.74, 6) is 0.677. The van der Waals surface area contributed by atoms with Crippen LogP contribution in [0.4, 0.5) is 0 Å². The molecule has 1 aliphatic heterocycles. The molecular formula is C17H17NO3. The number of likely N-dealkylation sites (tertiary alicyclic amines) is 1. The molecule has 0 saturated carbocycles. The zero-order valence-corrected chi connectivity index (χ0v) is 11.8. The Labute approximate surface area is 123 Å². The predicted molar refractivity (Wildman–Crippen MR) is 79.3 cm³/mol. The quantitative estimate of drug-likeness (QED) is 0.941. The summed E-state index contributed by atoms with van der Waals surface area (Å²) in [5.41, 5.74) is 0.725. The lowest BCUT2D eigenvalue weighted by Crippen LogP contribution is -2.22. The summed E-state index contributed by atoms with van der Waals surface area (Å²) < 4.78 is 5.87. The molecule has 0 aromatic heterocycles. The summed E-state index contributed by atoms with van der Waals surface area (Å²) in [6.45, 7) is 0.350. The summed E-state index contributed by atoms with van der Waals surface area (Å²) in [4.78, 5) is 13.8. The highest BCUT2D eigenvalue weighted by Gasteiger charge is 2.40. The molecule has 2 aromatic rings. The number of aliphatic hydroxyl groups excluding tert-OH is 1. The van der Waals surface area contributed by atoms with Crippen LogP contribution in [0.5, 0.6) is 11.5 Å². The van der Waals surface area contributed by atoms with Gasteiger partial charge < -0.3 is 14.7 Å². The molecule has 1 amide bonds. The fourth-order valence-corrected chi connectivity index (χ4v) is 2.66. The van der Waals surface area contributed by atoms with Crippen molar-refractivity contribution in [1.29, 1.82) is 0 Å². The van der Waals surface area contributed by atoms with Gasteiger partial charge in [0.05, 0.1) is 12.0 Å². The van der Waals surface area contributed by atoms with Crippen molar-refractivity contribution in [3.8, 4) is 11.5 Å². The summed E-state index contributed by atoms with van der Waals surface area (Å²) in [6, 6.07) is 16.8.